The second-order valence-electron chi connectivity index (χ2n) is 2.35. The van der Waals surface area contributed by atoms with Crippen LogP contribution in [0.15, 0.2) is 0 Å². The zero-order chi connectivity index (χ0) is 9.35. The molecule has 0 aliphatic carbocycles. The Kier molecular flexibility index (Phi) is 2.01. The van der Waals surface area contributed by atoms with Crippen molar-refractivity contribution in [1.29, 1.82) is 0 Å². The van der Waals surface area contributed by atoms with Crippen LogP contribution < -0.4 is 5.23 Å². The van der Waals surface area contributed by atoms with Gasteiger partial charge in [0.15, 0.2) is 0 Å². The molecule has 1 atom stereocenters. The minimum Gasteiger partial charge on any atom is -0.623 e. The summed E-state index contributed by atoms with van der Waals surface area (Å²) in [6.07, 6.45) is -0.698. The summed E-state index contributed by atoms with van der Waals surface area (Å²) in [6.45, 7) is 0. The number of hydrogen-bond acceptors (Lipinski definition) is 4. The van der Waals surface area contributed by atoms with Crippen molar-refractivity contribution in [2.75, 3.05) is 0 Å². The molecular formula is C4H5BF2NO4-. The number of nitrogens with one attached hydrogen (secondary N) is 1. The topological polar surface area (TPSA) is 75.6 Å². The van der Waals surface area contributed by atoms with Crippen molar-refractivity contribution in [1.82, 2.24) is 5.23 Å². The molecule has 8 heteroatoms. The number of carbonyl (C=O) groups excluding carboxylic acids is 1. The Bertz CT molecular complexity index is 233. The third-order valence-corrected chi connectivity index (χ3v) is 1.32. The third-order valence-electron chi connectivity index (χ3n) is 1.32. The molecule has 0 aromatic carbocycles. The largest absolute Gasteiger partial charge is 0.623 e. The monoisotopic (exact) mass is 180 g/mol. The molecule has 0 aromatic heterocycles. The van der Waals surface area contributed by atoms with Gasteiger partial charge >= 0.3 is 13.0 Å². The van der Waals surface area contributed by atoms with Gasteiger partial charge in [-0.3, -0.25) is 9.59 Å². The molecule has 0 radical (unpaired) electrons. The Balaban J connectivity index is 2.58. The van der Waals surface area contributed by atoms with Gasteiger partial charge in [-0.1, -0.05) is 0 Å². The molecule has 0 spiro atoms. The summed E-state index contributed by atoms with van der Waals surface area (Å²) < 4.78 is 28.0. The molecule has 0 bridgehead atoms. The second kappa shape index (κ2) is 2.70. The minimum absolute atomic E-state index is 0.698. The van der Waals surface area contributed by atoms with E-state index in [-0.39, 0.29) is 0 Å². The van der Waals surface area contributed by atoms with E-state index in [1.165, 1.54) is 5.23 Å². The van der Waals surface area contributed by atoms with Crippen molar-refractivity contribution in [2.45, 2.75) is 12.5 Å². The Hall–Kier alpha value is -1.18. The SMILES string of the molecule is O=C(O)C[C@@H]1N[B-](F)(F)OC1=O. The first-order valence-corrected chi connectivity index (χ1v) is 3.14. The highest BCUT2D eigenvalue weighted by molar-refractivity contribution is 6.60. The smallest absolute Gasteiger partial charge is 0.591 e. The van der Waals surface area contributed by atoms with Gasteiger partial charge in [0.05, 0.1) is 12.5 Å². The first kappa shape index (κ1) is 8.92. The number of hydrogen-bond donors (Lipinski definition) is 2. The molecule has 68 valence electrons. The average Bonchev–Trinajstić information content (AvgIpc) is 2.03. The molecule has 0 unspecified atom stereocenters. The summed E-state index contributed by atoms with van der Waals surface area (Å²) >= 11 is 0. The van der Waals surface area contributed by atoms with Crippen LogP contribution in [0.3, 0.4) is 0 Å². The molecule has 1 saturated heterocycles. The zero-order valence-corrected chi connectivity index (χ0v) is 5.79. The highest BCUT2D eigenvalue weighted by Crippen LogP contribution is 2.16. The Morgan fingerprint density at radius 1 is 1.75 bits per heavy atom. The van der Waals surface area contributed by atoms with Crippen LogP contribution >= 0.6 is 0 Å². The maximum absolute atomic E-state index is 12.2. The minimum atomic E-state index is -4.35. The van der Waals surface area contributed by atoms with Crippen LogP contribution in [0, 0.1) is 0 Å². The van der Waals surface area contributed by atoms with Crippen molar-refractivity contribution < 1.29 is 28.0 Å². The predicted octanol–water partition coefficient (Wildman–Crippen LogP) is -0.649. The number of carbonyl (C=O) groups is 2. The van der Waals surface area contributed by atoms with Crippen LogP contribution in [0.25, 0.3) is 0 Å². The number of halogens is 2. The molecule has 1 rings (SSSR count). The second-order valence-corrected chi connectivity index (χ2v) is 2.35. The van der Waals surface area contributed by atoms with Crippen LogP contribution in [-0.2, 0) is 14.2 Å². The van der Waals surface area contributed by atoms with Gasteiger partial charge in [0.1, 0.15) is 0 Å². The Morgan fingerprint density at radius 3 is 2.67 bits per heavy atom. The van der Waals surface area contributed by atoms with E-state index in [0.717, 1.165) is 0 Å². The van der Waals surface area contributed by atoms with Crippen molar-refractivity contribution in [3.63, 3.8) is 0 Å². The fraction of sp³-hybridized carbons (Fsp3) is 0.500. The number of carboxylic acid groups (broad SMARTS) is 1. The van der Waals surface area contributed by atoms with Crippen LogP contribution in [-0.4, -0.2) is 30.1 Å². The van der Waals surface area contributed by atoms with Crippen molar-refractivity contribution in [2.24, 2.45) is 0 Å². The molecule has 1 aliphatic rings. The van der Waals surface area contributed by atoms with Gasteiger partial charge in [-0.15, -0.1) is 0 Å². The van der Waals surface area contributed by atoms with Crippen molar-refractivity contribution in [3.8, 4) is 0 Å². The summed E-state index contributed by atoms with van der Waals surface area (Å²) in [5, 5.41) is 9.66. The maximum Gasteiger partial charge on any atom is 0.591 e. The van der Waals surface area contributed by atoms with E-state index >= 15 is 0 Å². The van der Waals surface area contributed by atoms with Crippen LogP contribution in [0.4, 0.5) is 8.63 Å². The highest BCUT2D eigenvalue weighted by atomic mass is 19.3. The lowest BCUT2D eigenvalue weighted by molar-refractivity contribution is -0.142. The first-order chi connectivity index (χ1) is 5.41. The Morgan fingerprint density at radius 2 is 2.33 bits per heavy atom. The molecule has 0 saturated carbocycles. The molecule has 0 aromatic rings. The molecule has 5 nitrogen and oxygen atoms in total. The normalized spacial score (nSPS) is 26.8. The van der Waals surface area contributed by atoms with Gasteiger partial charge < -0.3 is 23.6 Å². The van der Waals surface area contributed by atoms with Gasteiger partial charge in [0.25, 0.3) is 5.97 Å². The lowest BCUT2D eigenvalue weighted by atomic mass is 10.1. The number of carboxylic acids is 1. The molecule has 12 heavy (non-hydrogen) atoms. The van der Waals surface area contributed by atoms with Gasteiger partial charge in [0.2, 0.25) is 0 Å². The molecule has 0 amide bonds. The van der Waals surface area contributed by atoms with E-state index in [1.54, 1.807) is 0 Å². The zero-order valence-electron chi connectivity index (χ0n) is 5.79. The van der Waals surface area contributed by atoms with Crippen LogP contribution in [0.1, 0.15) is 6.42 Å². The van der Waals surface area contributed by atoms with Gasteiger partial charge in [-0.05, 0) is 0 Å². The highest BCUT2D eigenvalue weighted by Gasteiger charge is 2.43. The standard InChI is InChI=1S/C4H5BF2NO4/c6-5(7)8-2(1-3(9)10)4(11)12-5/h2,8H,1H2,(H,9,10)/q-1/t2-/m0/s1. The van der Waals surface area contributed by atoms with Crippen LogP contribution in [0.2, 0.25) is 0 Å². The van der Waals surface area contributed by atoms with E-state index in [2.05, 4.69) is 4.65 Å². The molecule has 2 N–H and O–H groups in total. The first-order valence-electron chi connectivity index (χ1n) is 3.14. The fourth-order valence-corrected chi connectivity index (χ4v) is 0.881. The van der Waals surface area contributed by atoms with E-state index in [0.29, 0.717) is 0 Å². The Labute approximate surface area is 65.8 Å². The van der Waals surface area contributed by atoms with E-state index in [1.807, 2.05) is 0 Å². The van der Waals surface area contributed by atoms with E-state index in [4.69, 9.17) is 5.11 Å². The number of rotatable bonds is 2. The van der Waals surface area contributed by atoms with Gasteiger partial charge in [-0.25, -0.2) is 0 Å². The van der Waals surface area contributed by atoms with Crippen LogP contribution in [0.5, 0.6) is 0 Å². The molecule has 1 aliphatic heterocycles. The lowest BCUT2D eigenvalue weighted by Gasteiger charge is -2.14. The van der Waals surface area contributed by atoms with Gasteiger partial charge in [0, 0.05) is 0 Å². The van der Waals surface area contributed by atoms with Crippen molar-refractivity contribution >= 4 is 19.0 Å². The summed E-state index contributed by atoms with van der Waals surface area (Å²) in [5.41, 5.74) is 0. The molecular weight excluding hydrogens is 175 g/mol. The predicted molar refractivity (Wildman–Crippen MR) is 33.2 cm³/mol. The quantitative estimate of drug-likeness (QED) is 0.552. The van der Waals surface area contributed by atoms with E-state index < -0.39 is 31.4 Å². The van der Waals surface area contributed by atoms with Crippen molar-refractivity contribution in [3.05, 3.63) is 0 Å². The third kappa shape index (κ3) is 1.91. The summed E-state index contributed by atoms with van der Waals surface area (Å²) in [4.78, 5) is 20.5. The van der Waals surface area contributed by atoms with Gasteiger partial charge in [-0.2, -0.15) is 0 Å². The molecule has 1 fully saturated rings. The molecule has 1 heterocycles. The number of aliphatic carboxylic acids is 1. The lowest BCUT2D eigenvalue weighted by Crippen LogP contribution is -2.42. The summed E-state index contributed by atoms with van der Waals surface area (Å²) in [6, 6.07) is -1.43. The maximum atomic E-state index is 12.2. The summed E-state index contributed by atoms with van der Waals surface area (Å²) in [7, 11) is -4.35. The fourth-order valence-electron chi connectivity index (χ4n) is 0.881. The average molecular weight is 180 g/mol. The van der Waals surface area contributed by atoms with E-state index in [9.17, 15) is 18.2 Å². The summed E-state index contributed by atoms with van der Waals surface area (Å²) in [5.74, 6) is -2.56.